The number of fused-ring (bicyclic) bond motifs is 1. The quantitative estimate of drug-likeness (QED) is 0.503. The summed E-state index contributed by atoms with van der Waals surface area (Å²) >= 11 is 0. The minimum atomic E-state index is -3.85. The minimum Gasteiger partial charge on any atom is -0.408 e. The molecule has 0 radical (unpaired) electrons. The van der Waals surface area contributed by atoms with E-state index in [2.05, 4.69) is 14.9 Å². The maximum Gasteiger partial charge on any atom is 0.420 e. The van der Waals surface area contributed by atoms with E-state index in [0.717, 1.165) is 18.4 Å². The van der Waals surface area contributed by atoms with Crippen LogP contribution in [0.15, 0.2) is 61.1 Å². The molecule has 2 aromatic carbocycles. The normalized spacial score (nSPS) is 14.3. The van der Waals surface area contributed by atoms with Crippen LogP contribution in [0.3, 0.4) is 0 Å². The fourth-order valence-corrected chi connectivity index (χ4v) is 4.37. The van der Waals surface area contributed by atoms with Crippen LogP contribution in [0.25, 0.3) is 11.1 Å². The van der Waals surface area contributed by atoms with Crippen molar-refractivity contribution in [3.05, 3.63) is 70.3 Å². The molecular formula is C20H18N4O5S. The van der Waals surface area contributed by atoms with Crippen LogP contribution < -0.4 is 10.5 Å². The van der Waals surface area contributed by atoms with Gasteiger partial charge in [0, 0.05) is 12.0 Å². The van der Waals surface area contributed by atoms with Gasteiger partial charge in [-0.05, 0) is 43.5 Å². The molecule has 0 atom stereocenters. The Bertz CT molecular complexity index is 1410. The molecule has 2 aromatic heterocycles. The molecule has 0 unspecified atom stereocenters. The Balaban J connectivity index is 1.46. The highest BCUT2D eigenvalue weighted by molar-refractivity contribution is 7.92. The molecule has 0 aliphatic heterocycles. The Labute approximate surface area is 171 Å². The number of anilines is 1. The van der Waals surface area contributed by atoms with Gasteiger partial charge in [-0.25, -0.2) is 13.2 Å². The molecule has 0 amide bonds. The van der Waals surface area contributed by atoms with E-state index < -0.39 is 15.8 Å². The highest BCUT2D eigenvalue weighted by Gasteiger charge is 2.29. The summed E-state index contributed by atoms with van der Waals surface area (Å²) in [4.78, 5) is 16.7. The predicted octanol–water partition coefficient (Wildman–Crippen LogP) is 3.01. The number of oxazole rings is 1. The lowest BCUT2D eigenvalue weighted by atomic mass is 10.2. The van der Waals surface area contributed by atoms with Gasteiger partial charge in [-0.3, -0.25) is 9.29 Å². The molecule has 1 saturated carbocycles. The maximum atomic E-state index is 12.8. The molecule has 9 nitrogen and oxygen atoms in total. The van der Waals surface area contributed by atoms with Crippen molar-refractivity contribution in [3.8, 4) is 0 Å². The first-order valence-corrected chi connectivity index (χ1v) is 10.9. The van der Waals surface area contributed by atoms with Crippen molar-refractivity contribution in [3.63, 3.8) is 0 Å². The number of benzene rings is 2. The number of aryl methyl sites for hydroxylation is 1. The number of sulfonamides is 1. The molecule has 5 rings (SSSR count). The second-order valence-corrected chi connectivity index (χ2v) is 9.01. The molecule has 1 aliphatic rings. The first kappa shape index (κ1) is 18.6. The number of hydrogen-bond acceptors (Lipinski definition) is 7. The van der Waals surface area contributed by atoms with E-state index in [9.17, 15) is 13.2 Å². The van der Waals surface area contributed by atoms with Gasteiger partial charge in [-0.1, -0.05) is 23.4 Å². The average Bonchev–Trinajstić information content (AvgIpc) is 3.38. The predicted molar refractivity (Wildman–Crippen MR) is 108 cm³/mol. The third kappa shape index (κ3) is 3.39. The number of nitrogens with zero attached hydrogens (tertiary/aromatic N) is 3. The molecule has 30 heavy (non-hydrogen) atoms. The van der Waals surface area contributed by atoms with Gasteiger partial charge >= 0.3 is 5.76 Å². The lowest BCUT2D eigenvalue weighted by molar-refractivity contribution is 0.372. The fraction of sp³-hybridized carbons (Fsp3) is 0.250. The van der Waals surface area contributed by atoms with Crippen molar-refractivity contribution in [1.29, 1.82) is 0 Å². The Morgan fingerprint density at radius 2 is 2.00 bits per heavy atom. The van der Waals surface area contributed by atoms with E-state index in [4.69, 9.17) is 8.94 Å². The molecule has 10 heteroatoms. The summed E-state index contributed by atoms with van der Waals surface area (Å²) in [6.45, 7) is 1.89. The second kappa shape index (κ2) is 6.84. The van der Waals surface area contributed by atoms with Crippen molar-refractivity contribution in [2.24, 2.45) is 0 Å². The van der Waals surface area contributed by atoms with Gasteiger partial charge in [0.2, 0.25) is 5.89 Å². The van der Waals surface area contributed by atoms with Gasteiger partial charge in [0.15, 0.2) is 11.4 Å². The van der Waals surface area contributed by atoms with Gasteiger partial charge in [0.05, 0.1) is 22.6 Å². The number of aromatic nitrogens is 3. The molecule has 1 N–H and O–H groups in total. The zero-order valence-corrected chi connectivity index (χ0v) is 16.8. The summed E-state index contributed by atoms with van der Waals surface area (Å²) in [5.41, 5.74) is 1.90. The number of rotatable bonds is 6. The highest BCUT2D eigenvalue weighted by Crippen LogP contribution is 2.38. The average molecular weight is 426 g/mol. The molecule has 1 fully saturated rings. The van der Waals surface area contributed by atoms with E-state index in [1.807, 2.05) is 19.1 Å². The smallest absolute Gasteiger partial charge is 0.408 e. The molecule has 0 saturated heterocycles. The molecule has 2 heterocycles. The largest absolute Gasteiger partial charge is 0.420 e. The van der Waals surface area contributed by atoms with Gasteiger partial charge in [-0.2, -0.15) is 4.98 Å². The third-order valence-corrected chi connectivity index (χ3v) is 6.41. The van der Waals surface area contributed by atoms with Crippen LogP contribution in [-0.2, 0) is 16.6 Å². The van der Waals surface area contributed by atoms with Crippen LogP contribution in [-0.4, -0.2) is 23.1 Å². The molecular weight excluding hydrogens is 408 g/mol. The highest BCUT2D eigenvalue weighted by atomic mass is 32.2. The van der Waals surface area contributed by atoms with E-state index in [1.165, 1.54) is 22.8 Å². The van der Waals surface area contributed by atoms with Gasteiger partial charge in [0.25, 0.3) is 10.0 Å². The molecule has 4 aromatic rings. The van der Waals surface area contributed by atoms with Crippen molar-refractivity contribution >= 4 is 26.8 Å². The fourth-order valence-electron chi connectivity index (χ4n) is 3.22. The van der Waals surface area contributed by atoms with Crippen LogP contribution in [0.2, 0.25) is 0 Å². The van der Waals surface area contributed by atoms with Crippen molar-refractivity contribution in [2.45, 2.75) is 37.1 Å². The first-order chi connectivity index (χ1) is 14.4. The summed E-state index contributed by atoms with van der Waals surface area (Å²) < 4.78 is 40.0. The van der Waals surface area contributed by atoms with Crippen molar-refractivity contribution in [2.75, 3.05) is 4.72 Å². The Hall–Kier alpha value is -3.40. The molecule has 1 aliphatic carbocycles. The Kier molecular flexibility index (Phi) is 4.24. The van der Waals surface area contributed by atoms with Crippen molar-refractivity contribution in [1.82, 2.24) is 14.7 Å². The molecule has 0 bridgehead atoms. The second-order valence-electron chi connectivity index (χ2n) is 7.33. The summed E-state index contributed by atoms with van der Waals surface area (Å²) in [6.07, 6.45) is 2.06. The van der Waals surface area contributed by atoms with Crippen LogP contribution >= 0.6 is 0 Å². The van der Waals surface area contributed by atoms with E-state index >= 15 is 0 Å². The number of hydrogen-bond donors (Lipinski definition) is 1. The summed E-state index contributed by atoms with van der Waals surface area (Å²) in [5.74, 6) is 0.655. The van der Waals surface area contributed by atoms with E-state index in [-0.39, 0.29) is 17.0 Å². The van der Waals surface area contributed by atoms with E-state index in [0.29, 0.717) is 28.8 Å². The lowest BCUT2D eigenvalue weighted by Crippen LogP contribution is -2.16. The monoisotopic (exact) mass is 426 g/mol. The summed E-state index contributed by atoms with van der Waals surface area (Å²) in [6, 6.07) is 11.4. The van der Waals surface area contributed by atoms with Crippen LogP contribution in [0.1, 0.15) is 36.0 Å². The summed E-state index contributed by atoms with van der Waals surface area (Å²) in [7, 11) is -3.85. The van der Waals surface area contributed by atoms with Crippen LogP contribution in [0.5, 0.6) is 0 Å². The SMILES string of the molecule is Cc1ccccc1NS(=O)(=O)c1ccc2c(c1)oc(=O)n2Cc1noc(C2CC2)n1. The zero-order valence-electron chi connectivity index (χ0n) is 16.0. The van der Waals surface area contributed by atoms with E-state index in [1.54, 1.807) is 12.1 Å². The number of nitrogens with one attached hydrogen (secondary N) is 1. The topological polar surface area (TPSA) is 120 Å². The molecule has 0 spiro atoms. The standard InChI is InChI=1S/C20H18N4O5S/c1-12-4-2-3-5-15(12)23-30(26,27)14-8-9-16-17(10-14)28-20(25)24(16)11-18-21-19(29-22-18)13-6-7-13/h2-5,8-10,13,23H,6-7,11H2,1H3. The first-order valence-electron chi connectivity index (χ1n) is 9.45. The minimum absolute atomic E-state index is 0.00488. The molecule has 154 valence electrons. The number of para-hydroxylation sites is 1. The van der Waals surface area contributed by atoms with Crippen LogP contribution in [0.4, 0.5) is 5.69 Å². The zero-order chi connectivity index (χ0) is 20.9. The van der Waals surface area contributed by atoms with Gasteiger partial charge in [0.1, 0.15) is 0 Å². The Morgan fingerprint density at radius 3 is 2.77 bits per heavy atom. The maximum absolute atomic E-state index is 12.8. The van der Waals surface area contributed by atoms with Gasteiger partial charge in [-0.15, -0.1) is 0 Å². The van der Waals surface area contributed by atoms with Gasteiger partial charge < -0.3 is 8.94 Å². The third-order valence-electron chi connectivity index (χ3n) is 5.05. The Morgan fingerprint density at radius 1 is 1.20 bits per heavy atom. The van der Waals surface area contributed by atoms with Crippen molar-refractivity contribution < 1.29 is 17.4 Å². The summed E-state index contributed by atoms with van der Waals surface area (Å²) in [5, 5.41) is 3.92. The lowest BCUT2D eigenvalue weighted by Gasteiger charge is -2.10. The van der Waals surface area contributed by atoms with Crippen LogP contribution in [0, 0.1) is 6.92 Å².